The van der Waals surface area contributed by atoms with Crippen LogP contribution in [0.15, 0.2) is 36.5 Å². The van der Waals surface area contributed by atoms with Gasteiger partial charge < -0.3 is 4.90 Å². The van der Waals surface area contributed by atoms with E-state index >= 15 is 0 Å². The molecule has 2 saturated heterocycles. The maximum Gasteiger partial charge on any atom is 0.323 e. The molecule has 2 aliphatic heterocycles. The largest absolute Gasteiger partial charge is 0.323 e. The Morgan fingerprint density at radius 2 is 1.92 bits per heavy atom. The van der Waals surface area contributed by atoms with Crippen molar-refractivity contribution in [2.75, 3.05) is 25.5 Å². The van der Waals surface area contributed by atoms with Crippen LogP contribution >= 0.6 is 0 Å². The minimum absolute atomic E-state index is 0.0395. The molecule has 2 amide bonds. The van der Waals surface area contributed by atoms with Crippen molar-refractivity contribution in [3.8, 4) is 5.69 Å². The summed E-state index contributed by atoms with van der Waals surface area (Å²) in [6.07, 6.45) is 5.45. The van der Waals surface area contributed by atoms with Crippen LogP contribution in [-0.2, 0) is 0 Å². The molecule has 1 N–H and O–H groups in total. The van der Waals surface area contributed by atoms with Gasteiger partial charge in [0.05, 0.1) is 5.69 Å². The number of carbonyl (C=O) groups excluding carboxylic acids is 1. The molecule has 2 unspecified atom stereocenters. The lowest BCUT2D eigenvalue weighted by atomic mass is 10.1. The van der Waals surface area contributed by atoms with Crippen LogP contribution in [-0.4, -0.2) is 57.8 Å². The summed E-state index contributed by atoms with van der Waals surface area (Å²) in [5.74, 6) is 0.636. The molecule has 1 aromatic heterocycles. The van der Waals surface area contributed by atoms with E-state index in [2.05, 4.69) is 22.4 Å². The highest BCUT2D eigenvalue weighted by molar-refractivity contribution is 5.89. The second-order valence-electron chi connectivity index (χ2n) is 7.16. The lowest BCUT2D eigenvalue weighted by Gasteiger charge is -2.25. The highest BCUT2D eigenvalue weighted by atomic mass is 16.2. The Balaban J connectivity index is 1.47. The molecular weight excluding hydrogens is 314 g/mol. The van der Waals surface area contributed by atoms with Crippen LogP contribution < -0.4 is 5.32 Å². The fourth-order valence-corrected chi connectivity index (χ4v) is 3.97. The van der Waals surface area contributed by atoms with Crippen molar-refractivity contribution in [2.45, 2.75) is 38.3 Å². The Kier molecular flexibility index (Phi) is 4.21. The van der Waals surface area contributed by atoms with Crippen molar-refractivity contribution in [2.24, 2.45) is 0 Å². The average molecular weight is 339 g/mol. The average Bonchev–Trinajstić information content (AvgIpc) is 3.08. The first kappa shape index (κ1) is 16.1. The number of likely N-dealkylation sites (tertiary alicyclic amines) is 1. The van der Waals surface area contributed by atoms with Gasteiger partial charge in [0, 0.05) is 36.9 Å². The highest BCUT2D eigenvalue weighted by Gasteiger charge is 2.36. The summed E-state index contributed by atoms with van der Waals surface area (Å²) in [5.41, 5.74) is 1.95. The molecule has 0 radical (unpaired) electrons. The van der Waals surface area contributed by atoms with Gasteiger partial charge in [0.25, 0.3) is 0 Å². The molecule has 2 bridgehead atoms. The highest BCUT2D eigenvalue weighted by Crippen LogP contribution is 2.28. The molecule has 2 aliphatic rings. The molecule has 0 aliphatic carbocycles. The molecule has 0 spiro atoms. The number of amides is 2. The van der Waals surface area contributed by atoms with Gasteiger partial charge in [-0.05, 0) is 45.4 Å². The third-order valence-corrected chi connectivity index (χ3v) is 5.58. The number of anilines is 1. The van der Waals surface area contributed by atoms with Crippen LogP contribution in [0.25, 0.3) is 5.69 Å². The molecule has 6 heteroatoms. The number of aryl methyl sites for hydroxylation is 1. The van der Waals surface area contributed by atoms with E-state index < -0.39 is 0 Å². The van der Waals surface area contributed by atoms with Crippen molar-refractivity contribution < 1.29 is 4.79 Å². The summed E-state index contributed by atoms with van der Waals surface area (Å²) < 4.78 is 1.81. The molecule has 1 aromatic carbocycles. The fraction of sp³-hybridized carbons (Fsp3) is 0.474. The van der Waals surface area contributed by atoms with Gasteiger partial charge >= 0.3 is 6.03 Å². The third kappa shape index (κ3) is 3.14. The van der Waals surface area contributed by atoms with E-state index in [0.29, 0.717) is 17.9 Å². The molecule has 2 atom stereocenters. The first-order valence-electron chi connectivity index (χ1n) is 9.01. The Morgan fingerprint density at radius 1 is 1.16 bits per heavy atom. The van der Waals surface area contributed by atoms with Crippen molar-refractivity contribution >= 4 is 11.8 Å². The number of hydrogen-bond donors (Lipinski definition) is 1. The maximum atomic E-state index is 12.7. The number of nitrogens with one attached hydrogen (secondary N) is 1. The molecule has 2 aromatic rings. The smallest absolute Gasteiger partial charge is 0.323 e. The number of aromatic nitrogens is 2. The van der Waals surface area contributed by atoms with Crippen LogP contribution in [0.1, 0.15) is 24.8 Å². The van der Waals surface area contributed by atoms with E-state index in [1.807, 2.05) is 53.0 Å². The number of carbonyl (C=O) groups is 1. The van der Waals surface area contributed by atoms with Gasteiger partial charge in [-0.3, -0.25) is 10.2 Å². The van der Waals surface area contributed by atoms with Crippen molar-refractivity contribution in [1.82, 2.24) is 19.6 Å². The Labute approximate surface area is 148 Å². The zero-order chi connectivity index (χ0) is 17.4. The summed E-state index contributed by atoms with van der Waals surface area (Å²) in [4.78, 5) is 17.1. The van der Waals surface area contributed by atoms with E-state index in [0.717, 1.165) is 30.8 Å². The van der Waals surface area contributed by atoms with Gasteiger partial charge in [0.1, 0.15) is 0 Å². The van der Waals surface area contributed by atoms with Crippen LogP contribution in [0.3, 0.4) is 0 Å². The van der Waals surface area contributed by atoms with E-state index in [4.69, 9.17) is 0 Å². The zero-order valence-electron chi connectivity index (χ0n) is 14.9. The van der Waals surface area contributed by atoms with E-state index in [1.165, 1.54) is 12.8 Å². The molecule has 3 heterocycles. The topological polar surface area (TPSA) is 53.4 Å². The first-order valence-corrected chi connectivity index (χ1v) is 9.01. The Bertz CT molecular complexity index is 756. The summed E-state index contributed by atoms with van der Waals surface area (Å²) in [7, 11) is 2.19. The van der Waals surface area contributed by atoms with Gasteiger partial charge in [-0.2, -0.15) is 0 Å². The second-order valence-corrected chi connectivity index (χ2v) is 7.16. The number of likely N-dealkylation sites (N-methyl/N-ethyl adjacent to an activating group) is 1. The minimum Gasteiger partial charge on any atom is -0.323 e. The molecule has 0 saturated carbocycles. The number of hydrogen-bond acceptors (Lipinski definition) is 3. The van der Waals surface area contributed by atoms with Gasteiger partial charge in [0.15, 0.2) is 5.82 Å². The van der Waals surface area contributed by atoms with Crippen molar-refractivity contribution in [1.29, 1.82) is 0 Å². The summed E-state index contributed by atoms with van der Waals surface area (Å²) in [6, 6.07) is 11.0. The van der Waals surface area contributed by atoms with Crippen LogP contribution in [0, 0.1) is 6.92 Å². The van der Waals surface area contributed by atoms with Gasteiger partial charge in [-0.15, -0.1) is 5.10 Å². The monoisotopic (exact) mass is 339 g/mol. The number of urea groups is 1. The van der Waals surface area contributed by atoms with E-state index in [-0.39, 0.29) is 6.03 Å². The standard InChI is InChI=1S/C19H25N5O/c1-14-12-24(16-6-4-3-5-7-16)21-18(14)20-19(25)23-11-10-15-8-9-17(13-23)22(15)2/h3-7,12,15,17H,8-11,13H2,1-2H3,(H,20,21,25). The SMILES string of the molecule is Cc1cn(-c2ccccc2)nc1NC(=O)N1CCC2CCC(C1)N2C. The second kappa shape index (κ2) is 6.52. The van der Waals surface area contributed by atoms with E-state index in [1.54, 1.807) is 0 Å². The molecular formula is C19H25N5O. The number of para-hydroxylation sites is 1. The summed E-state index contributed by atoms with van der Waals surface area (Å²) >= 11 is 0. The first-order chi connectivity index (χ1) is 12.1. The summed E-state index contributed by atoms with van der Waals surface area (Å²) in [6.45, 7) is 3.59. The van der Waals surface area contributed by atoms with Crippen molar-refractivity contribution in [3.05, 3.63) is 42.1 Å². The molecule has 2 fully saturated rings. The van der Waals surface area contributed by atoms with Gasteiger partial charge in [-0.25, -0.2) is 9.48 Å². The number of benzene rings is 1. The quantitative estimate of drug-likeness (QED) is 0.915. The van der Waals surface area contributed by atoms with Gasteiger partial charge in [-0.1, -0.05) is 18.2 Å². The maximum absolute atomic E-state index is 12.7. The molecule has 6 nitrogen and oxygen atoms in total. The molecule has 25 heavy (non-hydrogen) atoms. The normalized spacial score (nSPS) is 23.5. The molecule has 132 valence electrons. The zero-order valence-corrected chi connectivity index (χ0v) is 14.9. The van der Waals surface area contributed by atoms with Crippen LogP contribution in [0.5, 0.6) is 0 Å². The van der Waals surface area contributed by atoms with Crippen LogP contribution in [0.2, 0.25) is 0 Å². The lowest BCUT2D eigenvalue weighted by molar-refractivity contribution is 0.200. The van der Waals surface area contributed by atoms with Gasteiger partial charge in [0.2, 0.25) is 0 Å². The van der Waals surface area contributed by atoms with E-state index in [9.17, 15) is 4.79 Å². The summed E-state index contributed by atoms with van der Waals surface area (Å²) in [5, 5.41) is 7.56. The third-order valence-electron chi connectivity index (χ3n) is 5.58. The lowest BCUT2D eigenvalue weighted by Crippen LogP contribution is -2.41. The predicted molar refractivity (Wildman–Crippen MR) is 98.1 cm³/mol. The fourth-order valence-electron chi connectivity index (χ4n) is 3.97. The van der Waals surface area contributed by atoms with Crippen molar-refractivity contribution in [3.63, 3.8) is 0 Å². The number of rotatable bonds is 2. The Morgan fingerprint density at radius 3 is 2.72 bits per heavy atom. The number of nitrogens with zero attached hydrogens (tertiary/aromatic N) is 4. The minimum atomic E-state index is -0.0395. The van der Waals surface area contributed by atoms with Crippen LogP contribution in [0.4, 0.5) is 10.6 Å². The molecule has 4 rings (SSSR count). The predicted octanol–water partition coefficient (Wildman–Crippen LogP) is 2.88. The number of fused-ring (bicyclic) bond motifs is 2. The Hall–Kier alpha value is -2.34.